The zero-order valence-electron chi connectivity index (χ0n) is 17.2. The molecule has 0 amide bonds. The molecule has 27 heavy (non-hydrogen) atoms. The van der Waals surface area contributed by atoms with Crippen LogP contribution in [0.3, 0.4) is 0 Å². The van der Waals surface area contributed by atoms with Gasteiger partial charge in [0.1, 0.15) is 24.4 Å². The quantitative estimate of drug-likeness (QED) is 0.278. The molecule has 0 aromatic carbocycles. The van der Waals surface area contributed by atoms with E-state index < -0.39 is 24.4 Å². The Labute approximate surface area is 165 Å². The van der Waals surface area contributed by atoms with E-state index in [-0.39, 0.29) is 13.2 Å². The predicted molar refractivity (Wildman–Crippen MR) is 109 cm³/mol. The van der Waals surface area contributed by atoms with Gasteiger partial charge in [0.05, 0.1) is 13.2 Å². The first-order valence-corrected chi connectivity index (χ1v) is 11.1. The Morgan fingerprint density at radius 1 is 0.852 bits per heavy atom. The van der Waals surface area contributed by atoms with E-state index in [0.29, 0.717) is 6.61 Å². The lowest BCUT2D eigenvalue weighted by Gasteiger charge is -2.36. The van der Waals surface area contributed by atoms with E-state index in [9.17, 15) is 10.2 Å². The Bertz CT molecular complexity index is 361. The molecule has 0 bridgehead atoms. The van der Waals surface area contributed by atoms with Crippen LogP contribution in [0.5, 0.6) is 0 Å². The minimum absolute atomic E-state index is 0.210. The van der Waals surface area contributed by atoms with Crippen LogP contribution in [0, 0.1) is 0 Å². The SMILES string of the molecule is CCCCCCCCCC/C=C/CCCCO[C@@H]1CO[C@@H](CO)[C@H](O)[C@H]1O. The molecule has 1 saturated heterocycles. The summed E-state index contributed by atoms with van der Waals surface area (Å²) in [5.74, 6) is 0. The van der Waals surface area contributed by atoms with E-state index >= 15 is 0 Å². The van der Waals surface area contributed by atoms with Crippen molar-refractivity contribution in [3.8, 4) is 0 Å². The molecule has 1 aliphatic heterocycles. The number of aliphatic hydroxyl groups is 3. The lowest BCUT2D eigenvalue weighted by Crippen LogP contribution is -2.55. The van der Waals surface area contributed by atoms with Crippen molar-refractivity contribution in [3.63, 3.8) is 0 Å². The maximum Gasteiger partial charge on any atom is 0.111 e. The highest BCUT2D eigenvalue weighted by Crippen LogP contribution is 2.18. The fourth-order valence-corrected chi connectivity index (χ4v) is 3.39. The van der Waals surface area contributed by atoms with Gasteiger partial charge in [0, 0.05) is 6.61 Å². The minimum atomic E-state index is -1.09. The number of hydrogen-bond donors (Lipinski definition) is 3. The Kier molecular flexibility index (Phi) is 15.0. The normalized spacial score (nSPS) is 26.1. The van der Waals surface area contributed by atoms with E-state index in [1.54, 1.807) is 0 Å². The number of aliphatic hydroxyl groups excluding tert-OH is 3. The van der Waals surface area contributed by atoms with Crippen LogP contribution in [0.15, 0.2) is 12.2 Å². The van der Waals surface area contributed by atoms with E-state index in [0.717, 1.165) is 19.3 Å². The predicted octanol–water partition coefficient (Wildman–Crippen LogP) is 3.74. The summed E-state index contributed by atoms with van der Waals surface area (Å²) in [5.41, 5.74) is 0. The molecule has 0 spiro atoms. The molecular formula is C22H42O5. The highest BCUT2D eigenvalue weighted by Gasteiger charge is 2.38. The van der Waals surface area contributed by atoms with Gasteiger partial charge in [0.25, 0.3) is 0 Å². The first-order valence-electron chi connectivity index (χ1n) is 11.1. The van der Waals surface area contributed by atoms with Crippen LogP contribution in [0.4, 0.5) is 0 Å². The zero-order chi connectivity index (χ0) is 19.7. The molecular weight excluding hydrogens is 344 g/mol. The first kappa shape index (κ1) is 24.6. The number of allylic oxidation sites excluding steroid dienone is 2. The Hall–Kier alpha value is -0.460. The maximum absolute atomic E-state index is 9.98. The average molecular weight is 387 g/mol. The topological polar surface area (TPSA) is 79.2 Å². The van der Waals surface area contributed by atoms with Crippen molar-refractivity contribution in [3.05, 3.63) is 12.2 Å². The standard InChI is InChI=1S/C22H42O5/c1-2-3-4-5-6-7-8-9-10-11-12-13-14-15-16-26-20-18-27-19(17-23)21(24)22(20)25/h11-12,19-25H,2-10,13-18H2,1H3/b12-11+/t19-,20+,21-,22-/m0/s1. The van der Waals surface area contributed by atoms with Gasteiger partial charge in [-0.05, 0) is 32.1 Å². The van der Waals surface area contributed by atoms with Crippen molar-refractivity contribution in [1.29, 1.82) is 0 Å². The van der Waals surface area contributed by atoms with Crippen LogP contribution in [-0.4, -0.2) is 59.6 Å². The highest BCUT2D eigenvalue weighted by atomic mass is 16.6. The third kappa shape index (κ3) is 11.2. The van der Waals surface area contributed by atoms with Crippen LogP contribution < -0.4 is 0 Å². The molecule has 160 valence electrons. The molecule has 1 fully saturated rings. The fraction of sp³-hybridized carbons (Fsp3) is 0.909. The lowest BCUT2D eigenvalue weighted by atomic mass is 10.0. The summed E-state index contributed by atoms with van der Waals surface area (Å²) < 4.78 is 10.9. The lowest BCUT2D eigenvalue weighted by molar-refractivity contribution is -0.208. The van der Waals surface area contributed by atoms with Gasteiger partial charge in [-0.25, -0.2) is 0 Å². The van der Waals surface area contributed by atoms with Crippen LogP contribution in [-0.2, 0) is 9.47 Å². The third-order valence-corrected chi connectivity index (χ3v) is 5.25. The first-order chi connectivity index (χ1) is 13.2. The van der Waals surface area contributed by atoms with Gasteiger partial charge in [-0.3, -0.25) is 0 Å². The molecule has 3 N–H and O–H groups in total. The molecule has 0 aromatic rings. The molecule has 0 radical (unpaired) electrons. The maximum atomic E-state index is 9.98. The van der Waals surface area contributed by atoms with Gasteiger partial charge in [-0.15, -0.1) is 0 Å². The van der Waals surface area contributed by atoms with Gasteiger partial charge >= 0.3 is 0 Å². The van der Waals surface area contributed by atoms with Crippen molar-refractivity contribution >= 4 is 0 Å². The molecule has 1 heterocycles. The summed E-state index contributed by atoms with van der Waals surface area (Å²) in [6.07, 6.45) is 16.4. The third-order valence-electron chi connectivity index (χ3n) is 5.25. The Morgan fingerprint density at radius 3 is 2.07 bits per heavy atom. The van der Waals surface area contributed by atoms with Crippen molar-refractivity contribution in [2.24, 2.45) is 0 Å². The summed E-state index contributed by atoms with van der Waals surface area (Å²) in [6.45, 7) is 2.72. The van der Waals surface area contributed by atoms with E-state index in [1.165, 1.54) is 57.8 Å². The van der Waals surface area contributed by atoms with Gasteiger partial charge in [0.2, 0.25) is 0 Å². The Balaban J connectivity index is 1.89. The largest absolute Gasteiger partial charge is 0.394 e. The van der Waals surface area contributed by atoms with Crippen LogP contribution in [0.1, 0.15) is 84.0 Å². The zero-order valence-corrected chi connectivity index (χ0v) is 17.2. The molecule has 0 saturated carbocycles. The van der Waals surface area contributed by atoms with Gasteiger partial charge in [-0.1, -0.05) is 64.0 Å². The molecule has 5 nitrogen and oxygen atoms in total. The number of unbranched alkanes of at least 4 members (excludes halogenated alkanes) is 10. The second-order valence-corrected chi connectivity index (χ2v) is 7.68. The molecule has 0 aromatic heterocycles. The van der Waals surface area contributed by atoms with Crippen molar-refractivity contribution in [2.45, 2.75) is 108 Å². The molecule has 5 heteroatoms. The fourth-order valence-electron chi connectivity index (χ4n) is 3.39. The number of rotatable bonds is 16. The second kappa shape index (κ2) is 16.5. The molecule has 1 rings (SSSR count). The van der Waals surface area contributed by atoms with Gasteiger partial charge in [-0.2, -0.15) is 0 Å². The van der Waals surface area contributed by atoms with E-state index in [1.807, 2.05) is 0 Å². The summed E-state index contributed by atoms with van der Waals surface area (Å²) >= 11 is 0. The molecule has 0 aliphatic carbocycles. The summed E-state index contributed by atoms with van der Waals surface area (Å²) in [5, 5.41) is 28.8. The number of hydrogen-bond acceptors (Lipinski definition) is 5. The van der Waals surface area contributed by atoms with Crippen LogP contribution in [0.2, 0.25) is 0 Å². The minimum Gasteiger partial charge on any atom is -0.394 e. The molecule has 4 atom stereocenters. The average Bonchev–Trinajstić information content (AvgIpc) is 2.68. The van der Waals surface area contributed by atoms with E-state index in [2.05, 4.69) is 19.1 Å². The smallest absolute Gasteiger partial charge is 0.111 e. The Morgan fingerprint density at radius 2 is 1.44 bits per heavy atom. The summed E-state index contributed by atoms with van der Waals surface area (Å²) in [4.78, 5) is 0. The van der Waals surface area contributed by atoms with Crippen molar-refractivity contribution < 1.29 is 24.8 Å². The van der Waals surface area contributed by atoms with Crippen LogP contribution in [0.25, 0.3) is 0 Å². The van der Waals surface area contributed by atoms with Crippen molar-refractivity contribution in [1.82, 2.24) is 0 Å². The second-order valence-electron chi connectivity index (χ2n) is 7.68. The molecule has 0 unspecified atom stereocenters. The summed E-state index contributed by atoms with van der Waals surface area (Å²) in [6, 6.07) is 0. The van der Waals surface area contributed by atoms with Gasteiger partial charge in [0.15, 0.2) is 0 Å². The van der Waals surface area contributed by atoms with E-state index in [4.69, 9.17) is 14.6 Å². The van der Waals surface area contributed by atoms with Crippen molar-refractivity contribution in [2.75, 3.05) is 19.8 Å². The molecule has 1 aliphatic rings. The van der Waals surface area contributed by atoms with Crippen LogP contribution >= 0.6 is 0 Å². The highest BCUT2D eigenvalue weighted by molar-refractivity contribution is 4.87. The summed E-state index contributed by atoms with van der Waals surface area (Å²) in [7, 11) is 0. The monoisotopic (exact) mass is 386 g/mol. The van der Waals surface area contributed by atoms with Gasteiger partial charge < -0.3 is 24.8 Å². The number of ether oxygens (including phenoxy) is 2.